The van der Waals surface area contributed by atoms with Crippen LogP contribution in [0.4, 0.5) is 27.8 Å². The molecule has 0 unspecified atom stereocenters. The van der Waals surface area contributed by atoms with E-state index in [9.17, 15) is 32.1 Å². The summed E-state index contributed by atoms with van der Waals surface area (Å²) < 4.78 is 63.2. The maximum Gasteiger partial charge on any atom is 0.460 e. The third-order valence-electron chi connectivity index (χ3n) is 1.98. The molecule has 0 saturated carbocycles. The normalized spacial score (nSPS) is 12.8. The number of rotatable bonds is 4. The van der Waals surface area contributed by atoms with Gasteiger partial charge in [-0.3, -0.25) is 0 Å². The van der Waals surface area contributed by atoms with Gasteiger partial charge in [-0.25, -0.2) is 4.68 Å². The SMILES string of the molecule is CCCn1nnc([N+](=O)[O-])c1C(F)(F)C(F)(F)F. The van der Waals surface area contributed by atoms with Gasteiger partial charge < -0.3 is 10.1 Å². The highest BCUT2D eigenvalue weighted by molar-refractivity contribution is 5.30. The number of halogens is 5. The van der Waals surface area contributed by atoms with Crippen molar-refractivity contribution in [2.24, 2.45) is 0 Å². The molecule has 0 aromatic carbocycles. The van der Waals surface area contributed by atoms with Crippen LogP contribution in [0.5, 0.6) is 0 Å². The minimum atomic E-state index is -5.95. The van der Waals surface area contributed by atoms with Crippen molar-refractivity contribution in [1.29, 1.82) is 0 Å². The molecule has 0 aliphatic rings. The molecule has 1 aromatic rings. The molecule has 0 atom stereocenters. The predicted molar refractivity (Wildman–Crippen MR) is 46.9 cm³/mol. The van der Waals surface area contributed by atoms with Crippen LogP contribution >= 0.6 is 0 Å². The van der Waals surface area contributed by atoms with Crippen molar-refractivity contribution in [1.82, 2.24) is 15.0 Å². The number of nitrogens with zero attached hydrogens (tertiary/aromatic N) is 4. The van der Waals surface area contributed by atoms with Gasteiger partial charge in [-0.15, -0.1) is 0 Å². The third-order valence-corrected chi connectivity index (χ3v) is 1.98. The van der Waals surface area contributed by atoms with Gasteiger partial charge in [-0.05, 0) is 11.3 Å². The smallest absolute Gasteiger partial charge is 0.358 e. The summed E-state index contributed by atoms with van der Waals surface area (Å²) in [6.45, 7) is 1.16. The van der Waals surface area contributed by atoms with E-state index in [1.165, 1.54) is 6.92 Å². The molecule has 18 heavy (non-hydrogen) atoms. The Labute approximate surface area is 96.5 Å². The first kappa shape index (κ1) is 14.3. The zero-order chi connectivity index (χ0) is 14.1. The van der Waals surface area contributed by atoms with E-state index in [0.717, 1.165) is 0 Å². The molecule has 1 rings (SSSR count). The Morgan fingerprint density at radius 1 is 1.33 bits per heavy atom. The number of hydrogen-bond acceptors (Lipinski definition) is 4. The number of aromatic nitrogens is 3. The van der Waals surface area contributed by atoms with E-state index in [0.29, 0.717) is 0 Å². The second-order valence-electron chi connectivity index (χ2n) is 3.31. The zero-order valence-electron chi connectivity index (χ0n) is 8.91. The molecule has 11 heteroatoms. The second-order valence-corrected chi connectivity index (χ2v) is 3.31. The van der Waals surface area contributed by atoms with Crippen molar-refractivity contribution in [3.63, 3.8) is 0 Å². The van der Waals surface area contributed by atoms with Crippen LogP contribution in [0.25, 0.3) is 0 Å². The Balaban J connectivity index is 3.44. The fourth-order valence-electron chi connectivity index (χ4n) is 1.23. The Hall–Kier alpha value is -1.81. The average molecular weight is 274 g/mol. The largest absolute Gasteiger partial charge is 0.460 e. The van der Waals surface area contributed by atoms with Crippen molar-refractivity contribution in [3.8, 4) is 0 Å². The van der Waals surface area contributed by atoms with Gasteiger partial charge in [0.05, 0.1) is 5.21 Å². The van der Waals surface area contributed by atoms with Crippen LogP contribution < -0.4 is 0 Å². The standard InChI is InChI=1S/C7H7F5N4O2/c1-2-3-15-4(5(13-14-15)16(17)18)6(8,9)7(10,11)12/h2-3H2,1H3. The first-order chi connectivity index (χ1) is 8.13. The molecule has 0 amide bonds. The predicted octanol–water partition coefficient (Wildman–Crippen LogP) is 2.25. The number of nitro groups is 1. The molecule has 0 fully saturated rings. The summed E-state index contributed by atoms with van der Waals surface area (Å²) in [6, 6.07) is 0. The van der Waals surface area contributed by atoms with Gasteiger partial charge in [0.25, 0.3) is 0 Å². The molecule has 1 heterocycles. The average Bonchev–Trinajstić information content (AvgIpc) is 2.60. The van der Waals surface area contributed by atoms with Gasteiger partial charge in [-0.1, -0.05) is 6.92 Å². The molecule has 1 aromatic heterocycles. The molecule has 0 bridgehead atoms. The zero-order valence-corrected chi connectivity index (χ0v) is 8.91. The van der Waals surface area contributed by atoms with Gasteiger partial charge in [0.15, 0.2) is 0 Å². The van der Waals surface area contributed by atoms with E-state index in [-0.39, 0.29) is 17.6 Å². The molecule has 0 spiro atoms. The van der Waals surface area contributed by atoms with Crippen LogP contribution in [0.3, 0.4) is 0 Å². The minimum absolute atomic E-state index is 0.168. The maximum atomic E-state index is 13.2. The molecule has 0 N–H and O–H groups in total. The monoisotopic (exact) mass is 274 g/mol. The number of hydrogen-bond donors (Lipinski definition) is 0. The summed E-state index contributed by atoms with van der Waals surface area (Å²) >= 11 is 0. The summed E-state index contributed by atoms with van der Waals surface area (Å²) in [7, 11) is 0. The Kier molecular flexibility index (Phi) is 3.53. The summed E-state index contributed by atoms with van der Waals surface area (Å²) in [5.41, 5.74) is -1.85. The highest BCUT2D eigenvalue weighted by Gasteiger charge is 2.64. The van der Waals surface area contributed by atoms with E-state index < -0.39 is 28.5 Å². The first-order valence-corrected chi connectivity index (χ1v) is 4.65. The molecule has 6 nitrogen and oxygen atoms in total. The van der Waals surface area contributed by atoms with Crippen LogP contribution in [-0.4, -0.2) is 26.1 Å². The Morgan fingerprint density at radius 3 is 2.28 bits per heavy atom. The summed E-state index contributed by atoms with van der Waals surface area (Å²) in [6.07, 6.45) is -5.79. The molecule has 0 saturated heterocycles. The van der Waals surface area contributed by atoms with E-state index in [2.05, 4.69) is 10.3 Å². The van der Waals surface area contributed by atoms with E-state index >= 15 is 0 Å². The van der Waals surface area contributed by atoms with Crippen molar-refractivity contribution < 1.29 is 26.9 Å². The lowest BCUT2D eigenvalue weighted by Gasteiger charge is -2.18. The second kappa shape index (κ2) is 4.46. The maximum absolute atomic E-state index is 13.2. The van der Waals surface area contributed by atoms with Crippen LogP contribution in [-0.2, 0) is 12.5 Å². The van der Waals surface area contributed by atoms with Crippen molar-refractivity contribution in [3.05, 3.63) is 15.8 Å². The van der Waals surface area contributed by atoms with Crippen LogP contribution in [0.1, 0.15) is 19.0 Å². The number of alkyl halides is 5. The quantitative estimate of drug-likeness (QED) is 0.479. The lowest BCUT2D eigenvalue weighted by Crippen LogP contribution is -2.36. The lowest BCUT2D eigenvalue weighted by atomic mass is 10.2. The van der Waals surface area contributed by atoms with Gasteiger partial charge in [0, 0.05) is 6.54 Å². The fraction of sp³-hybridized carbons (Fsp3) is 0.714. The number of aryl methyl sites for hydroxylation is 1. The summed E-state index contributed by atoms with van der Waals surface area (Å²) in [5.74, 6) is -6.97. The van der Waals surface area contributed by atoms with Gasteiger partial charge >= 0.3 is 17.9 Å². The molecule has 0 radical (unpaired) electrons. The first-order valence-electron chi connectivity index (χ1n) is 4.65. The Bertz CT molecular complexity index is 455. The van der Waals surface area contributed by atoms with Crippen LogP contribution in [0, 0.1) is 10.1 Å². The Morgan fingerprint density at radius 2 is 1.89 bits per heavy atom. The highest BCUT2D eigenvalue weighted by atomic mass is 19.4. The topological polar surface area (TPSA) is 73.8 Å². The third kappa shape index (κ3) is 2.24. The van der Waals surface area contributed by atoms with E-state index in [4.69, 9.17) is 0 Å². The molecular formula is C7H7F5N4O2. The molecule has 0 aliphatic heterocycles. The summed E-state index contributed by atoms with van der Waals surface area (Å²) in [5, 5.41) is 16.1. The fourth-order valence-corrected chi connectivity index (χ4v) is 1.23. The highest BCUT2D eigenvalue weighted by Crippen LogP contribution is 2.46. The van der Waals surface area contributed by atoms with Crippen molar-refractivity contribution in [2.75, 3.05) is 0 Å². The lowest BCUT2D eigenvalue weighted by molar-refractivity contribution is -0.394. The molecule has 0 aliphatic carbocycles. The molecule has 102 valence electrons. The minimum Gasteiger partial charge on any atom is -0.358 e. The van der Waals surface area contributed by atoms with Gasteiger partial charge in [0.1, 0.15) is 5.10 Å². The van der Waals surface area contributed by atoms with Crippen LogP contribution in [0.15, 0.2) is 0 Å². The van der Waals surface area contributed by atoms with E-state index in [1.807, 2.05) is 0 Å². The van der Waals surface area contributed by atoms with Crippen molar-refractivity contribution in [2.45, 2.75) is 32.0 Å². The summed E-state index contributed by atoms with van der Waals surface area (Å²) in [4.78, 5) is 8.98. The van der Waals surface area contributed by atoms with E-state index in [1.54, 1.807) is 0 Å². The molecular weight excluding hydrogens is 267 g/mol. The van der Waals surface area contributed by atoms with Gasteiger partial charge in [-0.2, -0.15) is 22.0 Å². The van der Waals surface area contributed by atoms with Crippen LogP contribution in [0.2, 0.25) is 0 Å². The van der Waals surface area contributed by atoms with Gasteiger partial charge in [0.2, 0.25) is 5.69 Å². The van der Waals surface area contributed by atoms with Crippen molar-refractivity contribution >= 4 is 5.82 Å².